The average molecular weight is 593 g/mol. The molecule has 0 radical (unpaired) electrons. The summed E-state index contributed by atoms with van der Waals surface area (Å²) in [6, 6.07) is 4.14. The van der Waals surface area contributed by atoms with Crippen LogP contribution >= 0.6 is 0 Å². The highest BCUT2D eigenvalue weighted by Crippen LogP contribution is 2.43. The van der Waals surface area contributed by atoms with Crippen LogP contribution in [0.25, 0.3) is 11.4 Å². The van der Waals surface area contributed by atoms with E-state index in [-0.39, 0.29) is 11.2 Å². The van der Waals surface area contributed by atoms with Gasteiger partial charge in [0.05, 0.1) is 40.2 Å². The fourth-order valence-corrected chi connectivity index (χ4v) is 7.13. The molecule has 3 fully saturated rings. The highest BCUT2D eigenvalue weighted by Gasteiger charge is 2.37. The molecule has 0 aromatic carbocycles. The van der Waals surface area contributed by atoms with Crippen molar-refractivity contribution in [2.24, 2.45) is 11.8 Å². The second kappa shape index (κ2) is 12.1. The van der Waals surface area contributed by atoms with Crippen molar-refractivity contribution >= 4 is 33.6 Å². The third-order valence-corrected chi connectivity index (χ3v) is 10.5. The topological polar surface area (TPSA) is 144 Å². The first-order valence-electron chi connectivity index (χ1n) is 15.2. The van der Waals surface area contributed by atoms with Gasteiger partial charge < -0.3 is 16.0 Å². The van der Waals surface area contributed by atoms with Crippen LogP contribution in [0.2, 0.25) is 0 Å². The zero-order valence-corrected chi connectivity index (χ0v) is 25.1. The number of carbonyl (C=O) groups is 1. The Kier molecular flexibility index (Phi) is 8.26. The number of pyridine rings is 1. The molecule has 11 nitrogen and oxygen atoms in total. The highest BCUT2D eigenvalue weighted by atomic mass is 32.2. The van der Waals surface area contributed by atoms with Crippen LogP contribution in [-0.2, 0) is 10.0 Å². The number of anilines is 3. The van der Waals surface area contributed by atoms with Crippen molar-refractivity contribution in [3.05, 3.63) is 42.0 Å². The molecule has 224 valence electrons. The van der Waals surface area contributed by atoms with Crippen LogP contribution in [0.1, 0.15) is 87.2 Å². The molecule has 3 saturated carbocycles. The molecule has 6 rings (SSSR count). The maximum atomic E-state index is 12.5. The summed E-state index contributed by atoms with van der Waals surface area (Å²) in [6.45, 7) is 6.29. The molecule has 0 spiro atoms. The number of hydrogen-bond acceptors (Lipinski definition) is 10. The Hall–Kier alpha value is -3.38. The standard InChI is InChI=1S/C30H40N8O3S/c1-19(2)32-14-20-3-5-21(6-4-20)15-33-26-13-28(36-29(22-7-8-22)25(26)18-39)35-27-11-12-31-30(37-27)23-16-34-38(17-23)42(40,41)24-9-10-24/h11-13,16-22,24,32H,3-10,14-15H2,1-2H3,(H2,31,33,35,36,37). The summed E-state index contributed by atoms with van der Waals surface area (Å²) in [4.78, 5) is 26.0. The van der Waals surface area contributed by atoms with Crippen LogP contribution in [0.3, 0.4) is 0 Å². The molecule has 3 aliphatic rings. The number of aromatic nitrogens is 5. The number of nitrogens with one attached hydrogen (secondary N) is 3. The molecule has 0 unspecified atom stereocenters. The van der Waals surface area contributed by atoms with Gasteiger partial charge in [0.2, 0.25) is 0 Å². The third-order valence-electron chi connectivity index (χ3n) is 8.47. The smallest absolute Gasteiger partial charge is 0.256 e. The average Bonchev–Trinajstić information content (AvgIpc) is 3.93. The highest BCUT2D eigenvalue weighted by molar-refractivity contribution is 7.90. The fraction of sp³-hybridized carbons (Fsp3) is 0.567. The molecule has 3 aromatic heterocycles. The van der Waals surface area contributed by atoms with E-state index in [9.17, 15) is 13.2 Å². The van der Waals surface area contributed by atoms with Crippen molar-refractivity contribution in [3.8, 4) is 11.4 Å². The van der Waals surface area contributed by atoms with E-state index in [1.54, 1.807) is 12.3 Å². The van der Waals surface area contributed by atoms with Crippen molar-refractivity contribution in [2.45, 2.75) is 82.4 Å². The lowest BCUT2D eigenvalue weighted by Gasteiger charge is -2.30. The van der Waals surface area contributed by atoms with Crippen LogP contribution < -0.4 is 16.0 Å². The number of hydrogen-bond donors (Lipinski definition) is 3. The fourth-order valence-electron chi connectivity index (χ4n) is 5.65. The molecular formula is C30H40N8O3S. The van der Waals surface area contributed by atoms with Gasteiger partial charge in [-0.1, -0.05) is 13.8 Å². The molecule has 0 atom stereocenters. The minimum absolute atomic E-state index is 0.289. The summed E-state index contributed by atoms with van der Waals surface area (Å²) in [5.74, 6) is 3.08. The summed E-state index contributed by atoms with van der Waals surface area (Å²) in [6.07, 6.45) is 13.7. The van der Waals surface area contributed by atoms with Gasteiger partial charge in [-0.05, 0) is 75.8 Å². The Bertz CT molecular complexity index is 1520. The first-order valence-corrected chi connectivity index (χ1v) is 16.7. The number of aldehydes is 1. The molecule has 0 saturated heterocycles. The summed E-state index contributed by atoms with van der Waals surface area (Å²) < 4.78 is 26.1. The van der Waals surface area contributed by atoms with Crippen molar-refractivity contribution in [1.29, 1.82) is 0 Å². The lowest BCUT2D eigenvalue weighted by atomic mass is 9.82. The van der Waals surface area contributed by atoms with Crippen molar-refractivity contribution in [3.63, 3.8) is 0 Å². The minimum Gasteiger partial charge on any atom is -0.384 e. The predicted octanol–water partition coefficient (Wildman–Crippen LogP) is 4.73. The van der Waals surface area contributed by atoms with Crippen molar-refractivity contribution in [2.75, 3.05) is 23.7 Å². The maximum Gasteiger partial charge on any atom is 0.256 e. The van der Waals surface area contributed by atoms with Crippen LogP contribution in [0.15, 0.2) is 30.7 Å². The van der Waals surface area contributed by atoms with Gasteiger partial charge in [-0.3, -0.25) is 4.79 Å². The van der Waals surface area contributed by atoms with Crippen molar-refractivity contribution in [1.82, 2.24) is 29.5 Å². The molecule has 3 aromatic rings. The van der Waals surface area contributed by atoms with E-state index in [0.29, 0.717) is 53.4 Å². The van der Waals surface area contributed by atoms with E-state index >= 15 is 0 Å². The first-order chi connectivity index (χ1) is 20.3. The summed E-state index contributed by atoms with van der Waals surface area (Å²) in [5.41, 5.74) is 2.78. The summed E-state index contributed by atoms with van der Waals surface area (Å²) in [5, 5.41) is 14.2. The molecule has 3 N–H and O–H groups in total. The van der Waals surface area contributed by atoms with Gasteiger partial charge in [-0.2, -0.15) is 9.19 Å². The van der Waals surface area contributed by atoms with Gasteiger partial charge in [-0.25, -0.2) is 23.4 Å². The van der Waals surface area contributed by atoms with E-state index in [1.165, 1.54) is 38.1 Å². The van der Waals surface area contributed by atoms with Crippen LogP contribution in [0.4, 0.5) is 17.3 Å². The quantitative estimate of drug-likeness (QED) is 0.238. The molecule has 3 aliphatic carbocycles. The third kappa shape index (κ3) is 6.64. The second-order valence-corrected chi connectivity index (χ2v) is 14.4. The zero-order valence-electron chi connectivity index (χ0n) is 24.3. The Labute approximate surface area is 247 Å². The van der Waals surface area contributed by atoms with Gasteiger partial charge in [0.1, 0.15) is 11.6 Å². The molecule has 3 heterocycles. The lowest BCUT2D eigenvalue weighted by molar-refractivity contribution is 0.112. The van der Waals surface area contributed by atoms with Crippen LogP contribution in [0.5, 0.6) is 0 Å². The summed E-state index contributed by atoms with van der Waals surface area (Å²) >= 11 is 0. The van der Waals surface area contributed by atoms with Gasteiger partial charge in [0, 0.05) is 30.8 Å². The van der Waals surface area contributed by atoms with Gasteiger partial charge in [0.15, 0.2) is 12.1 Å². The normalized spacial score (nSPS) is 20.9. The number of rotatable bonds is 13. The van der Waals surface area contributed by atoms with Gasteiger partial charge in [0.25, 0.3) is 10.0 Å². The van der Waals surface area contributed by atoms with E-state index in [4.69, 9.17) is 4.98 Å². The van der Waals surface area contributed by atoms with Crippen LogP contribution in [-0.4, -0.2) is 63.2 Å². The predicted molar refractivity (Wildman–Crippen MR) is 163 cm³/mol. The van der Waals surface area contributed by atoms with Crippen LogP contribution in [0, 0.1) is 11.8 Å². The zero-order chi connectivity index (χ0) is 29.3. The Morgan fingerprint density at radius 1 is 1.00 bits per heavy atom. The molecule has 0 amide bonds. The van der Waals surface area contributed by atoms with Crippen molar-refractivity contribution < 1.29 is 13.2 Å². The minimum atomic E-state index is -3.47. The van der Waals surface area contributed by atoms with E-state index in [0.717, 1.165) is 53.6 Å². The molecular weight excluding hydrogens is 552 g/mol. The number of nitrogens with zero attached hydrogens (tertiary/aromatic N) is 5. The molecule has 12 heteroatoms. The van der Waals surface area contributed by atoms with E-state index in [2.05, 4.69) is 44.9 Å². The second-order valence-electron chi connectivity index (χ2n) is 12.3. The van der Waals surface area contributed by atoms with Gasteiger partial charge >= 0.3 is 0 Å². The molecule has 42 heavy (non-hydrogen) atoms. The largest absolute Gasteiger partial charge is 0.384 e. The maximum absolute atomic E-state index is 12.5. The monoisotopic (exact) mass is 592 g/mol. The first kappa shape index (κ1) is 28.7. The Morgan fingerprint density at radius 2 is 1.74 bits per heavy atom. The SMILES string of the molecule is CC(C)NCC1CCC(CNc2cc(Nc3ccnc(-c4cnn(S(=O)(=O)C5CC5)c4)n3)nc(C3CC3)c2C=O)CC1. The molecule has 0 bridgehead atoms. The lowest BCUT2D eigenvalue weighted by Crippen LogP contribution is -2.32. The summed E-state index contributed by atoms with van der Waals surface area (Å²) in [7, 11) is -3.47. The Morgan fingerprint density at radius 3 is 2.40 bits per heavy atom. The van der Waals surface area contributed by atoms with E-state index < -0.39 is 10.0 Å². The van der Waals surface area contributed by atoms with E-state index in [1.807, 2.05) is 6.07 Å². The van der Waals surface area contributed by atoms with Gasteiger partial charge in [-0.15, -0.1) is 0 Å². The number of carbonyl (C=O) groups excluding carboxylic acids is 1. The Balaban J connectivity index is 1.16. The molecule has 0 aliphatic heterocycles.